The van der Waals surface area contributed by atoms with Crippen LogP contribution in [-0.2, 0) is 0 Å². The van der Waals surface area contributed by atoms with Gasteiger partial charge in [0.2, 0.25) is 5.95 Å². The molecule has 0 aliphatic rings. The quantitative estimate of drug-likeness (QED) is 0.783. The van der Waals surface area contributed by atoms with Crippen molar-refractivity contribution in [3.8, 4) is 0 Å². The molecular formula is C8H9FN6. The van der Waals surface area contributed by atoms with Crippen molar-refractivity contribution in [2.45, 2.75) is 13.0 Å². The first kappa shape index (κ1) is 9.50. The van der Waals surface area contributed by atoms with Crippen molar-refractivity contribution in [2.24, 2.45) is 0 Å². The Labute approximate surface area is 85.0 Å². The van der Waals surface area contributed by atoms with E-state index in [1.54, 1.807) is 0 Å². The minimum atomic E-state index is -0.465. The summed E-state index contributed by atoms with van der Waals surface area (Å²) in [6.45, 7) is 1.87. The summed E-state index contributed by atoms with van der Waals surface area (Å²) in [5, 5.41) is 9.39. The topological polar surface area (TPSA) is 79.4 Å². The van der Waals surface area contributed by atoms with Gasteiger partial charge in [-0.2, -0.15) is 5.10 Å². The summed E-state index contributed by atoms with van der Waals surface area (Å²) in [7, 11) is 0. The zero-order valence-corrected chi connectivity index (χ0v) is 7.98. The molecule has 15 heavy (non-hydrogen) atoms. The van der Waals surface area contributed by atoms with E-state index >= 15 is 0 Å². The molecule has 2 aromatic rings. The van der Waals surface area contributed by atoms with Gasteiger partial charge in [0.05, 0.1) is 18.4 Å². The third-order valence-electron chi connectivity index (χ3n) is 1.81. The average Bonchev–Trinajstić information content (AvgIpc) is 2.74. The molecule has 0 saturated carbocycles. The second-order valence-electron chi connectivity index (χ2n) is 2.96. The average molecular weight is 208 g/mol. The number of rotatable bonds is 3. The van der Waals surface area contributed by atoms with Gasteiger partial charge in [-0.05, 0) is 6.92 Å². The Kier molecular flexibility index (Phi) is 2.53. The van der Waals surface area contributed by atoms with Gasteiger partial charge in [-0.15, -0.1) is 0 Å². The lowest BCUT2D eigenvalue weighted by Crippen LogP contribution is -2.10. The normalized spacial score (nSPS) is 12.4. The molecule has 0 radical (unpaired) electrons. The largest absolute Gasteiger partial charge is 0.344 e. The molecular weight excluding hydrogens is 199 g/mol. The lowest BCUT2D eigenvalue weighted by Gasteiger charge is -2.09. The van der Waals surface area contributed by atoms with E-state index in [2.05, 4.69) is 30.5 Å². The first-order chi connectivity index (χ1) is 7.25. The summed E-state index contributed by atoms with van der Waals surface area (Å²) in [4.78, 5) is 11.5. The number of H-pyrrole nitrogens is 1. The molecule has 0 saturated heterocycles. The van der Waals surface area contributed by atoms with Crippen LogP contribution in [0, 0.1) is 5.82 Å². The molecule has 6 nitrogen and oxygen atoms in total. The number of nitrogens with one attached hydrogen (secondary N) is 2. The van der Waals surface area contributed by atoms with E-state index in [9.17, 15) is 4.39 Å². The number of aromatic nitrogens is 5. The fraction of sp³-hybridized carbons (Fsp3) is 0.250. The molecule has 0 aliphatic heterocycles. The molecule has 2 rings (SSSR count). The van der Waals surface area contributed by atoms with Crippen molar-refractivity contribution < 1.29 is 4.39 Å². The Bertz CT molecular complexity index is 411. The van der Waals surface area contributed by atoms with Crippen molar-refractivity contribution in [2.75, 3.05) is 5.32 Å². The van der Waals surface area contributed by atoms with E-state index in [0.29, 0.717) is 11.8 Å². The van der Waals surface area contributed by atoms with Crippen LogP contribution in [0.1, 0.15) is 18.8 Å². The second kappa shape index (κ2) is 3.99. The van der Waals surface area contributed by atoms with Crippen molar-refractivity contribution in [1.29, 1.82) is 0 Å². The minimum Gasteiger partial charge on any atom is -0.344 e. The van der Waals surface area contributed by atoms with Gasteiger partial charge in [-0.1, -0.05) is 0 Å². The lowest BCUT2D eigenvalue weighted by molar-refractivity contribution is 0.613. The van der Waals surface area contributed by atoms with E-state index in [4.69, 9.17) is 0 Å². The molecule has 0 spiro atoms. The molecule has 0 fully saturated rings. The van der Waals surface area contributed by atoms with Crippen LogP contribution in [0.15, 0.2) is 18.7 Å². The summed E-state index contributed by atoms with van der Waals surface area (Å²) in [5.74, 6) is 0.552. The summed E-state index contributed by atoms with van der Waals surface area (Å²) >= 11 is 0. The fourth-order valence-electron chi connectivity index (χ4n) is 1.07. The van der Waals surface area contributed by atoms with Crippen LogP contribution < -0.4 is 5.32 Å². The van der Waals surface area contributed by atoms with Crippen LogP contribution in [0.5, 0.6) is 0 Å². The lowest BCUT2D eigenvalue weighted by atomic mass is 10.3. The predicted molar refractivity (Wildman–Crippen MR) is 50.4 cm³/mol. The van der Waals surface area contributed by atoms with E-state index in [1.165, 1.54) is 6.33 Å². The zero-order valence-electron chi connectivity index (χ0n) is 7.98. The first-order valence-corrected chi connectivity index (χ1v) is 4.35. The molecule has 78 valence electrons. The van der Waals surface area contributed by atoms with Crippen molar-refractivity contribution >= 4 is 5.95 Å². The molecule has 0 bridgehead atoms. The highest BCUT2D eigenvalue weighted by molar-refractivity contribution is 5.25. The second-order valence-corrected chi connectivity index (χ2v) is 2.96. The van der Waals surface area contributed by atoms with Gasteiger partial charge in [0, 0.05) is 0 Å². The van der Waals surface area contributed by atoms with Gasteiger partial charge in [0.15, 0.2) is 5.82 Å². The van der Waals surface area contributed by atoms with Gasteiger partial charge in [-0.3, -0.25) is 5.10 Å². The number of anilines is 1. The molecule has 1 unspecified atom stereocenters. The maximum atomic E-state index is 12.5. The van der Waals surface area contributed by atoms with E-state index in [-0.39, 0.29) is 6.04 Å². The van der Waals surface area contributed by atoms with Crippen LogP contribution in [0.4, 0.5) is 10.3 Å². The van der Waals surface area contributed by atoms with Crippen LogP contribution in [0.25, 0.3) is 0 Å². The highest BCUT2D eigenvalue weighted by atomic mass is 19.1. The Morgan fingerprint density at radius 3 is 2.67 bits per heavy atom. The molecule has 0 aromatic carbocycles. The van der Waals surface area contributed by atoms with Crippen molar-refractivity contribution in [1.82, 2.24) is 25.1 Å². The number of aromatic amines is 1. The van der Waals surface area contributed by atoms with E-state index in [1.807, 2.05) is 6.92 Å². The van der Waals surface area contributed by atoms with Gasteiger partial charge >= 0.3 is 0 Å². The fourth-order valence-corrected chi connectivity index (χ4v) is 1.07. The molecule has 2 aromatic heterocycles. The molecule has 2 N–H and O–H groups in total. The number of nitrogens with zero attached hydrogens (tertiary/aromatic N) is 4. The van der Waals surface area contributed by atoms with Crippen molar-refractivity contribution in [3.05, 3.63) is 30.4 Å². The SMILES string of the molecule is CC(Nc1ncc(F)cn1)c1ncn[nH]1. The maximum absolute atomic E-state index is 12.5. The van der Waals surface area contributed by atoms with Gasteiger partial charge in [0.1, 0.15) is 12.2 Å². The van der Waals surface area contributed by atoms with Crippen LogP contribution >= 0.6 is 0 Å². The smallest absolute Gasteiger partial charge is 0.223 e. The monoisotopic (exact) mass is 208 g/mol. The van der Waals surface area contributed by atoms with Gasteiger partial charge < -0.3 is 5.32 Å². The number of halogens is 1. The van der Waals surface area contributed by atoms with Crippen LogP contribution in [0.3, 0.4) is 0 Å². The maximum Gasteiger partial charge on any atom is 0.223 e. The van der Waals surface area contributed by atoms with Crippen LogP contribution in [-0.4, -0.2) is 25.1 Å². The Hall–Kier alpha value is -2.05. The highest BCUT2D eigenvalue weighted by Crippen LogP contribution is 2.10. The van der Waals surface area contributed by atoms with Gasteiger partial charge in [-0.25, -0.2) is 19.3 Å². The summed E-state index contributed by atoms with van der Waals surface area (Å²) < 4.78 is 12.5. The molecule has 2 heterocycles. The standard InChI is InChI=1S/C8H9FN6/c1-5(7-12-4-13-15-7)14-8-10-2-6(9)3-11-8/h2-5H,1H3,(H,10,11,14)(H,12,13,15). The minimum absolute atomic E-state index is 0.113. The number of hydrogen-bond donors (Lipinski definition) is 2. The molecule has 7 heteroatoms. The van der Waals surface area contributed by atoms with Crippen molar-refractivity contribution in [3.63, 3.8) is 0 Å². The first-order valence-electron chi connectivity index (χ1n) is 4.35. The Morgan fingerprint density at radius 1 is 1.33 bits per heavy atom. The molecule has 1 atom stereocenters. The Balaban J connectivity index is 2.06. The summed E-state index contributed by atoms with van der Waals surface area (Å²) in [5.41, 5.74) is 0. The van der Waals surface area contributed by atoms with Gasteiger partial charge in [0.25, 0.3) is 0 Å². The number of hydrogen-bond acceptors (Lipinski definition) is 5. The molecule has 0 aliphatic carbocycles. The third-order valence-corrected chi connectivity index (χ3v) is 1.81. The third kappa shape index (κ3) is 2.25. The van der Waals surface area contributed by atoms with E-state index < -0.39 is 5.82 Å². The zero-order chi connectivity index (χ0) is 10.7. The predicted octanol–water partition coefficient (Wildman–Crippen LogP) is 0.907. The Morgan fingerprint density at radius 2 is 2.07 bits per heavy atom. The van der Waals surface area contributed by atoms with Crippen LogP contribution in [0.2, 0.25) is 0 Å². The molecule has 0 amide bonds. The van der Waals surface area contributed by atoms with E-state index in [0.717, 1.165) is 12.4 Å². The highest BCUT2D eigenvalue weighted by Gasteiger charge is 2.08. The summed E-state index contributed by atoms with van der Waals surface area (Å²) in [6.07, 6.45) is 3.61. The summed E-state index contributed by atoms with van der Waals surface area (Å²) in [6, 6.07) is -0.113.